The first-order chi connectivity index (χ1) is 7.99. The van der Waals surface area contributed by atoms with Crippen LogP contribution >= 0.6 is 34.2 Å². The van der Waals surface area contributed by atoms with Crippen molar-refractivity contribution in [3.8, 4) is 0 Å². The van der Waals surface area contributed by atoms with E-state index in [0.29, 0.717) is 10.7 Å². The smallest absolute Gasteiger partial charge is 0.308 e. The fourth-order valence-corrected chi connectivity index (χ4v) is 2.39. The molecule has 1 amide bonds. The second-order valence-electron chi connectivity index (χ2n) is 3.84. The van der Waals surface area contributed by atoms with Gasteiger partial charge in [-0.05, 0) is 40.8 Å². The summed E-state index contributed by atoms with van der Waals surface area (Å²) < 4.78 is 0.841. The molecule has 1 N–H and O–H groups in total. The van der Waals surface area contributed by atoms with E-state index in [4.69, 9.17) is 16.7 Å². The van der Waals surface area contributed by atoms with Gasteiger partial charge in [0, 0.05) is 22.2 Å². The number of halogens is 2. The van der Waals surface area contributed by atoms with Gasteiger partial charge in [-0.15, -0.1) is 0 Å². The molecule has 1 unspecified atom stereocenters. The van der Waals surface area contributed by atoms with Crippen molar-refractivity contribution in [3.05, 3.63) is 26.8 Å². The first kappa shape index (κ1) is 12.6. The van der Waals surface area contributed by atoms with Crippen LogP contribution in [0.15, 0.2) is 18.2 Å². The normalized spacial score (nSPS) is 19.8. The Morgan fingerprint density at radius 2 is 2.24 bits per heavy atom. The Morgan fingerprint density at radius 3 is 2.76 bits per heavy atom. The number of amides is 1. The lowest BCUT2D eigenvalue weighted by atomic mass is 10.1. The minimum absolute atomic E-state index is 0.0640. The zero-order valence-electron chi connectivity index (χ0n) is 8.69. The van der Waals surface area contributed by atoms with Crippen molar-refractivity contribution >= 4 is 51.8 Å². The van der Waals surface area contributed by atoms with Crippen LogP contribution in [0.25, 0.3) is 0 Å². The maximum Gasteiger partial charge on any atom is 0.308 e. The summed E-state index contributed by atoms with van der Waals surface area (Å²) >= 11 is 7.97. The molecule has 1 fully saturated rings. The largest absolute Gasteiger partial charge is 0.481 e. The Labute approximate surface area is 117 Å². The molecule has 4 nitrogen and oxygen atoms in total. The second-order valence-corrected chi connectivity index (χ2v) is 5.41. The van der Waals surface area contributed by atoms with Crippen LogP contribution in [-0.4, -0.2) is 23.5 Å². The van der Waals surface area contributed by atoms with Gasteiger partial charge in [0.05, 0.1) is 10.9 Å². The molecule has 1 heterocycles. The van der Waals surface area contributed by atoms with Gasteiger partial charge < -0.3 is 10.0 Å². The molecule has 17 heavy (non-hydrogen) atoms. The summed E-state index contributed by atoms with van der Waals surface area (Å²) in [5.41, 5.74) is 0.701. The first-order valence-electron chi connectivity index (χ1n) is 4.97. The van der Waals surface area contributed by atoms with Crippen LogP contribution in [0.1, 0.15) is 6.42 Å². The molecule has 1 aromatic carbocycles. The van der Waals surface area contributed by atoms with E-state index in [0.717, 1.165) is 3.57 Å². The summed E-state index contributed by atoms with van der Waals surface area (Å²) in [7, 11) is 0. The SMILES string of the molecule is O=C(O)C1CC(=O)N(c2ccc(Cl)c(I)c2)C1. The first-order valence-corrected chi connectivity index (χ1v) is 6.43. The Bertz CT molecular complexity index is 492. The van der Waals surface area contributed by atoms with Crippen LogP contribution in [0.4, 0.5) is 5.69 Å². The molecule has 90 valence electrons. The molecule has 0 spiro atoms. The molecule has 6 heteroatoms. The highest BCUT2D eigenvalue weighted by Crippen LogP contribution is 2.29. The van der Waals surface area contributed by atoms with Crippen LogP contribution < -0.4 is 4.90 Å². The van der Waals surface area contributed by atoms with E-state index >= 15 is 0 Å². The van der Waals surface area contributed by atoms with E-state index in [1.165, 1.54) is 4.90 Å². The van der Waals surface area contributed by atoms with Crippen LogP contribution in [0.5, 0.6) is 0 Å². The summed E-state index contributed by atoms with van der Waals surface area (Å²) in [5.74, 6) is -1.70. The maximum absolute atomic E-state index is 11.7. The number of rotatable bonds is 2. The van der Waals surface area contributed by atoms with E-state index in [-0.39, 0.29) is 18.9 Å². The molecule has 2 rings (SSSR count). The van der Waals surface area contributed by atoms with Crippen molar-refractivity contribution in [1.29, 1.82) is 0 Å². The number of benzene rings is 1. The number of nitrogens with zero attached hydrogens (tertiary/aromatic N) is 1. The van der Waals surface area contributed by atoms with E-state index in [2.05, 4.69) is 22.6 Å². The lowest BCUT2D eigenvalue weighted by molar-refractivity contribution is -0.141. The minimum atomic E-state index is -0.926. The summed E-state index contributed by atoms with van der Waals surface area (Å²) in [6, 6.07) is 5.22. The van der Waals surface area contributed by atoms with Gasteiger partial charge in [0.2, 0.25) is 5.91 Å². The highest BCUT2D eigenvalue weighted by Gasteiger charge is 2.35. The third kappa shape index (κ3) is 2.55. The van der Waals surface area contributed by atoms with Gasteiger partial charge >= 0.3 is 5.97 Å². The zero-order chi connectivity index (χ0) is 12.6. The van der Waals surface area contributed by atoms with Gasteiger partial charge in [0.1, 0.15) is 0 Å². The maximum atomic E-state index is 11.7. The number of carbonyl (C=O) groups is 2. The number of anilines is 1. The Morgan fingerprint density at radius 1 is 1.53 bits per heavy atom. The molecular weight excluding hydrogens is 356 g/mol. The predicted octanol–water partition coefficient (Wildman–Crippen LogP) is 2.38. The van der Waals surface area contributed by atoms with E-state index < -0.39 is 11.9 Å². The van der Waals surface area contributed by atoms with Crippen molar-refractivity contribution in [1.82, 2.24) is 0 Å². The Balaban J connectivity index is 2.26. The lowest BCUT2D eigenvalue weighted by Crippen LogP contribution is -2.25. The summed E-state index contributed by atoms with van der Waals surface area (Å²) in [4.78, 5) is 24.1. The highest BCUT2D eigenvalue weighted by molar-refractivity contribution is 14.1. The summed E-state index contributed by atoms with van der Waals surface area (Å²) in [5, 5.41) is 9.51. The second kappa shape index (κ2) is 4.81. The van der Waals surface area contributed by atoms with Crippen molar-refractivity contribution in [2.75, 3.05) is 11.4 Å². The van der Waals surface area contributed by atoms with E-state index in [9.17, 15) is 9.59 Å². The van der Waals surface area contributed by atoms with E-state index in [1.807, 2.05) is 0 Å². The number of carbonyl (C=O) groups excluding carboxylic acids is 1. The van der Waals surface area contributed by atoms with Crippen molar-refractivity contribution in [2.45, 2.75) is 6.42 Å². The molecule has 1 aliphatic rings. The number of aliphatic carboxylic acids is 1. The molecule has 1 saturated heterocycles. The van der Waals surface area contributed by atoms with Crippen LogP contribution in [0.2, 0.25) is 5.02 Å². The minimum Gasteiger partial charge on any atom is -0.481 e. The van der Waals surface area contributed by atoms with Crippen LogP contribution in [0, 0.1) is 9.49 Å². The zero-order valence-corrected chi connectivity index (χ0v) is 11.6. The van der Waals surface area contributed by atoms with Crippen molar-refractivity contribution in [3.63, 3.8) is 0 Å². The fourth-order valence-electron chi connectivity index (χ4n) is 1.78. The lowest BCUT2D eigenvalue weighted by Gasteiger charge is -2.16. The average molecular weight is 366 g/mol. The van der Waals surface area contributed by atoms with Gasteiger partial charge in [-0.1, -0.05) is 11.6 Å². The van der Waals surface area contributed by atoms with Gasteiger partial charge in [-0.3, -0.25) is 9.59 Å². The Kier molecular flexibility index (Phi) is 3.58. The number of carboxylic acid groups (broad SMARTS) is 1. The monoisotopic (exact) mass is 365 g/mol. The van der Waals surface area contributed by atoms with Crippen LogP contribution in [0.3, 0.4) is 0 Å². The number of hydrogen-bond donors (Lipinski definition) is 1. The highest BCUT2D eigenvalue weighted by atomic mass is 127. The fraction of sp³-hybridized carbons (Fsp3) is 0.273. The third-order valence-electron chi connectivity index (χ3n) is 2.69. The molecule has 1 aromatic rings. The topological polar surface area (TPSA) is 57.6 Å². The summed E-state index contributed by atoms with van der Waals surface area (Å²) in [6.07, 6.45) is 0.0640. The quantitative estimate of drug-likeness (QED) is 0.819. The van der Waals surface area contributed by atoms with Gasteiger partial charge in [0.15, 0.2) is 0 Å². The van der Waals surface area contributed by atoms with Crippen molar-refractivity contribution < 1.29 is 14.7 Å². The molecule has 0 aliphatic carbocycles. The van der Waals surface area contributed by atoms with Crippen molar-refractivity contribution in [2.24, 2.45) is 5.92 Å². The third-order valence-corrected chi connectivity index (χ3v) is 4.23. The molecule has 0 radical (unpaired) electrons. The number of carboxylic acids is 1. The van der Waals surface area contributed by atoms with Crippen LogP contribution in [-0.2, 0) is 9.59 Å². The molecule has 1 aliphatic heterocycles. The summed E-state index contributed by atoms with van der Waals surface area (Å²) in [6.45, 7) is 0.228. The van der Waals surface area contributed by atoms with Gasteiger partial charge in [-0.25, -0.2) is 0 Å². The molecule has 0 saturated carbocycles. The van der Waals surface area contributed by atoms with E-state index in [1.54, 1.807) is 18.2 Å². The van der Waals surface area contributed by atoms with Gasteiger partial charge in [0.25, 0.3) is 0 Å². The number of hydrogen-bond acceptors (Lipinski definition) is 2. The molecule has 0 bridgehead atoms. The van der Waals surface area contributed by atoms with Gasteiger partial charge in [-0.2, -0.15) is 0 Å². The molecular formula is C11H9ClINO3. The Hall–Kier alpha value is -0.820. The average Bonchev–Trinajstić information content (AvgIpc) is 2.65. The molecule has 1 atom stereocenters. The molecule has 0 aromatic heterocycles. The standard InChI is InChI=1S/C11H9ClINO3/c12-8-2-1-7(4-9(8)13)14-5-6(11(16)17)3-10(14)15/h1-2,4,6H,3,5H2,(H,16,17). The predicted molar refractivity (Wildman–Crippen MR) is 72.3 cm³/mol.